The van der Waals surface area contributed by atoms with Gasteiger partial charge in [0.2, 0.25) is 0 Å². The van der Waals surface area contributed by atoms with Gasteiger partial charge in [-0.3, -0.25) is 0 Å². The monoisotopic (exact) mass is 114 g/mol. The van der Waals surface area contributed by atoms with E-state index in [9.17, 15) is 0 Å². The highest BCUT2D eigenvalue weighted by Crippen LogP contribution is 2.25. The molecule has 0 aliphatic carbocycles. The maximum absolute atomic E-state index is 2.31. The van der Waals surface area contributed by atoms with Crippen LogP contribution in [-0.4, -0.2) is 9.52 Å². The number of rotatable bonds is 2. The molecule has 0 aromatic rings. The van der Waals surface area contributed by atoms with E-state index in [1.54, 1.807) is 0 Å². The van der Waals surface area contributed by atoms with Gasteiger partial charge in [-0.15, -0.1) is 0 Å². The molecule has 0 amide bonds. The van der Waals surface area contributed by atoms with Crippen molar-refractivity contribution in [1.29, 1.82) is 0 Å². The molecule has 0 nitrogen and oxygen atoms in total. The van der Waals surface area contributed by atoms with Crippen LogP contribution in [0.2, 0.25) is 11.6 Å². The summed E-state index contributed by atoms with van der Waals surface area (Å²) in [7, 11) is 1.08. The number of hydrogen-bond acceptors (Lipinski definition) is 0. The molecule has 7 heavy (non-hydrogen) atoms. The van der Waals surface area contributed by atoms with Crippen LogP contribution in [0.1, 0.15) is 27.2 Å². The Morgan fingerprint density at radius 1 is 1.43 bits per heavy atom. The standard InChI is InChI=1S/C6H14Si/c1-5-6(2,3)7-4/h5H2,1-4H3. The minimum absolute atomic E-state index is 0.611. The summed E-state index contributed by atoms with van der Waals surface area (Å²) < 4.78 is 0. The molecule has 0 spiro atoms. The maximum atomic E-state index is 2.31. The van der Waals surface area contributed by atoms with E-state index in [0.717, 1.165) is 9.52 Å². The molecule has 0 aromatic carbocycles. The van der Waals surface area contributed by atoms with Crippen molar-refractivity contribution in [2.75, 3.05) is 0 Å². The molecule has 0 bridgehead atoms. The number of hydrogen-bond donors (Lipinski definition) is 0. The van der Waals surface area contributed by atoms with Crippen LogP contribution in [0.3, 0.4) is 0 Å². The topological polar surface area (TPSA) is 0 Å². The molecule has 0 rings (SSSR count). The van der Waals surface area contributed by atoms with E-state index >= 15 is 0 Å². The largest absolute Gasteiger partial charge is 0.0728 e. The summed E-state index contributed by atoms with van der Waals surface area (Å²) in [6.45, 7) is 9.14. The Hall–Kier alpha value is 0.217. The van der Waals surface area contributed by atoms with Crippen molar-refractivity contribution >= 4 is 9.52 Å². The van der Waals surface area contributed by atoms with Crippen LogP contribution in [0, 0.1) is 0 Å². The van der Waals surface area contributed by atoms with Crippen LogP contribution >= 0.6 is 0 Å². The third-order valence-corrected chi connectivity index (χ3v) is 3.27. The highest BCUT2D eigenvalue weighted by Gasteiger charge is 2.10. The van der Waals surface area contributed by atoms with Crippen molar-refractivity contribution in [3.8, 4) is 0 Å². The van der Waals surface area contributed by atoms with Gasteiger partial charge in [0, 0.05) is 9.52 Å². The van der Waals surface area contributed by atoms with Crippen LogP contribution in [0.5, 0.6) is 0 Å². The summed E-state index contributed by atoms with van der Waals surface area (Å²) in [6, 6.07) is 0. The van der Waals surface area contributed by atoms with Gasteiger partial charge in [0.05, 0.1) is 0 Å². The van der Waals surface area contributed by atoms with Crippen molar-refractivity contribution in [2.24, 2.45) is 0 Å². The van der Waals surface area contributed by atoms with Crippen LogP contribution in [-0.2, 0) is 0 Å². The van der Waals surface area contributed by atoms with Crippen molar-refractivity contribution in [1.82, 2.24) is 0 Å². The summed E-state index contributed by atoms with van der Waals surface area (Å²) >= 11 is 0. The van der Waals surface area contributed by atoms with Gasteiger partial charge in [0.25, 0.3) is 0 Å². The van der Waals surface area contributed by atoms with E-state index in [1.165, 1.54) is 6.42 Å². The second-order valence-electron chi connectivity index (χ2n) is 2.49. The molecule has 0 heterocycles. The zero-order valence-corrected chi connectivity index (χ0v) is 6.71. The molecule has 0 saturated heterocycles. The SMILES string of the molecule is CCC(C)(C)[Si]C. The second-order valence-corrected chi connectivity index (χ2v) is 4.34. The lowest BCUT2D eigenvalue weighted by Gasteiger charge is -2.17. The Morgan fingerprint density at radius 2 is 1.86 bits per heavy atom. The fraction of sp³-hybridized carbons (Fsp3) is 1.00. The zero-order valence-electron chi connectivity index (χ0n) is 5.71. The normalized spacial score (nSPS) is 12.0. The van der Waals surface area contributed by atoms with Crippen LogP contribution in [0.25, 0.3) is 0 Å². The molecule has 0 aliphatic heterocycles. The zero-order chi connectivity index (χ0) is 5.91. The first kappa shape index (κ1) is 7.22. The molecule has 0 unspecified atom stereocenters. The molecule has 0 N–H and O–H groups in total. The predicted molar refractivity (Wildman–Crippen MR) is 35.9 cm³/mol. The van der Waals surface area contributed by atoms with Gasteiger partial charge in [-0.1, -0.05) is 33.7 Å². The van der Waals surface area contributed by atoms with Gasteiger partial charge in [0.15, 0.2) is 0 Å². The Bertz CT molecular complexity index is 42.1. The molecule has 0 saturated carbocycles. The molecule has 1 heteroatoms. The molecular weight excluding hydrogens is 100 g/mol. The summed E-state index contributed by atoms with van der Waals surface area (Å²) in [5.41, 5.74) is 0. The van der Waals surface area contributed by atoms with E-state index in [2.05, 4.69) is 27.3 Å². The van der Waals surface area contributed by atoms with Crippen molar-refractivity contribution in [3.05, 3.63) is 0 Å². The van der Waals surface area contributed by atoms with E-state index in [-0.39, 0.29) is 0 Å². The minimum atomic E-state index is 0.611. The fourth-order valence-electron chi connectivity index (χ4n) is 0.177. The molecule has 0 atom stereocenters. The van der Waals surface area contributed by atoms with Gasteiger partial charge in [-0.2, -0.15) is 0 Å². The summed E-state index contributed by atoms with van der Waals surface area (Å²) in [4.78, 5) is 0. The smallest absolute Gasteiger partial charge is 0.0413 e. The van der Waals surface area contributed by atoms with Crippen molar-refractivity contribution in [3.63, 3.8) is 0 Å². The maximum Gasteiger partial charge on any atom is 0.0413 e. The van der Waals surface area contributed by atoms with E-state index in [4.69, 9.17) is 0 Å². The van der Waals surface area contributed by atoms with Gasteiger partial charge < -0.3 is 0 Å². The Labute approximate surface area is 49.1 Å². The van der Waals surface area contributed by atoms with E-state index in [0.29, 0.717) is 5.04 Å². The third kappa shape index (κ3) is 2.86. The Kier molecular flexibility index (Phi) is 2.58. The molecule has 0 aromatic heterocycles. The molecule has 0 aliphatic rings. The van der Waals surface area contributed by atoms with Gasteiger partial charge in [0.1, 0.15) is 0 Å². The average molecular weight is 114 g/mol. The van der Waals surface area contributed by atoms with E-state index < -0.39 is 0 Å². The molecule has 42 valence electrons. The van der Waals surface area contributed by atoms with Crippen molar-refractivity contribution in [2.45, 2.75) is 38.8 Å². The molecular formula is C6H14Si. The summed E-state index contributed by atoms with van der Waals surface area (Å²) in [6.07, 6.45) is 1.31. The minimum Gasteiger partial charge on any atom is -0.0728 e. The van der Waals surface area contributed by atoms with Gasteiger partial charge in [-0.05, 0) is 5.04 Å². The first-order valence-electron chi connectivity index (χ1n) is 2.81. The predicted octanol–water partition coefficient (Wildman–Crippen LogP) is 2.35. The first-order chi connectivity index (χ1) is 3.12. The highest BCUT2D eigenvalue weighted by molar-refractivity contribution is 6.37. The Balaban J connectivity index is 3.36. The highest BCUT2D eigenvalue weighted by atomic mass is 28.2. The quantitative estimate of drug-likeness (QED) is 0.483. The van der Waals surface area contributed by atoms with Gasteiger partial charge >= 0.3 is 0 Å². The molecule has 0 fully saturated rings. The van der Waals surface area contributed by atoms with Crippen LogP contribution in [0.4, 0.5) is 0 Å². The average Bonchev–Trinajstić information content (AvgIpc) is 1.68. The Morgan fingerprint density at radius 3 is 1.86 bits per heavy atom. The lowest BCUT2D eigenvalue weighted by Crippen LogP contribution is -2.06. The lowest BCUT2D eigenvalue weighted by atomic mass is 10.1. The lowest BCUT2D eigenvalue weighted by molar-refractivity contribution is 0.645. The third-order valence-electron chi connectivity index (χ3n) is 1.56. The van der Waals surface area contributed by atoms with Gasteiger partial charge in [-0.25, -0.2) is 0 Å². The van der Waals surface area contributed by atoms with Crippen LogP contribution in [0.15, 0.2) is 0 Å². The van der Waals surface area contributed by atoms with Crippen molar-refractivity contribution < 1.29 is 0 Å². The molecule has 2 radical (unpaired) electrons. The summed E-state index contributed by atoms with van der Waals surface area (Å²) in [5.74, 6) is 0. The van der Waals surface area contributed by atoms with Crippen LogP contribution < -0.4 is 0 Å². The van der Waals surface area contributed by atoms with E-state index in [1.807, 2.05) is 0 Å². The fourth-order valence-corrected chi connectivity index (χ4v) is 0.530. The summed E-state index contributed by atoms with van der Waals surface area (Å²) in [5, 5.41) is 0.611. The first-order valence-corrected chi connectivity index (χ1v) is 4.31. The second kappa shape index (κ2) is 2.51.